The summed E-state index contributed by atoms with van der Waals surface area (Å²) in [5.41, 5.74) is 3.08. The molecular formula is C20H22F2N2O3. The Kier molecular flexibility index (Phi) is 6.98. The lowest BCUT2D eigenvalue weighted by atomic mass is 10.1. The Morgan fingerprint density at radius 2 is 1.96 bits per heavy atom. The van der Waals surface area contributed by atoms with Crippen LogP contribution in [0.25, 0.3) is 0 Å². The SMILES string of the molecule is CC(=O)Cc1cc(C(=O)NCc2cccc(OCC(F)F)c2C)cc(C)n1. The molecule has 0 atom stereocenters. The molecule has 144 valence electrons. The highest BCUT2D eigenvalue weighted by atomic mass is 19.3. The van der Waals surface area contributed by atoms with E-state index < -0.39 is 13.0 Å². The van der Waals surface area contributed by atoms with E-state index in [9.17, 15) is 18.4 Å². The highest BCUT2D eigenvalue weighted by Gasteiger charge is 2.12. The lowest BCUT2D eigenvalue weighted by Gasteiger charge is -2.13. The summed E-state index contributed by atoms with van der Waals surface area (Å²) in [5, 5.41) is 2.80. The molecule has 0 spiro atoms. The number of nitrogens with zero attached hydrogens (tertiary/aromatic N) is 1. The second kappa shape index (κ2) is 9.21. The van der Waals surface area contributed by atoms with E-state index in [0.717, 1.165) is 5.56 Å². The van der Waals surface area contributed by atoms with Crippen molar-refractivity contribution in [1.29, 1.82) is 0 Å². The van der Waals surface area contributed by atoms with Crippen LogP contribution in [-0.2, 0) is 17.8 Å². The number of aryl methyl sites for hydroxylation is 1. The smallest absolute Gasteiger partial charge is 0.272 e. The van der Waals surface area contributed by atoms with Gasteiger partial charge < -0.3 is 10.1 Å². The van der Waals surface area contributed by atoms with Crippen molar-refractivity contribution in [2.45, 2.75) is 40.2 Å². The molecule has 0 radical (unpaired) electrons. The first-order valence-corrected chi connectivity index (χ1v) is 8.51. The maximum Gasteiger partial charge on any atom is 0.272 e. The number of ether oxygens (including phenoxy) is 1. The van der Waals surface area contributed by atoms with Crippen LogP contribution in [0.15, 0.2) is 30.3 Å². The molecule has 0 bridgehead atoms. The number of hydrogen-bond donors (Lipinski definition) is 1. The molecule has 1 amide bonds. The molecule has 0 saturated heterocycles. The first-order valence-electron chi connectivity index (χ1n) is 8.51. The number of benzene rings is 1. The monoisotopic (exact) mass is 376 g/mol. The van der Waals surface area contributed by atoms with Gasteiger partial charge in [0.05, 0.1) is 0 Å². The molecule has 0 aliphatic carbocycles. The predicted octanol–water partition coefficient (Wildman–Crippen LogP) is 3.40. The second-order valence-corrected chi connectivity index (χ2v) is 6.29. The van der Waals surface area contributed by atoms with Gasteiger partial charge in [0.1, 0.15) is 18.1 Å². The molecule has 1 aromatic heterocycles. The molecule has 0 saturated carbocycles. The van der Waals surface area contributed by atoms with Gasteiger partial charge in [-0.3, -0.25) is 14.6 Å². The van der Waals surface area contributed by atoms with Gasteiger partial charge in [-0.1, -0.05) is 12.1 Å². The van der Waals surface area contributed by atoms with Crippen molar-refractivity contribution in [2.75, 3.05) is 6.61 Å². The Labute approximate surface area is 156 Å². The van der Waals surface area contributed by atoms with Gasteiger partial charge in [0.15, 0.2) is 0 Å². The lowest BCUT2D eigenvalue weighted by Crippen LogP contribution is -2.24. The van der Waals surface area contributed by atoms with Crippen molar-refractivity contribution < 1.29 is 23.1 Å². The zero-order valence-corrected chi connectivity index (χ0v) is 15.5. The van der Waals surface area contributed by atoms with Gasteiger partial charge in [0, 0.05) is 29.9 Å². The van der Waals surface area contributed by atoms with E-state index in [2.05, 4.69) is 10.3 Å². The molecule has 27 heavy (non-hydrogen) atoms. The number of ketones is 1. The Morgan fingerprint density at radius 1 is 1.22 bits per heavy atom. The van der Waals surface area contributed by atoms with Gasteiger partial charge in [-0.2, -0.15) is 0 Å². The zero-order valence-electron chi connectivity index (χ0n) is 15.5. The van der Waals surface area contributed by atoms with Crippen molar-refractivity contribution in [3.8, 4) is 5.75 Å². The number of rotatable bonds is 8. The minimum absolute atomic E-state index is 0.0318. The first kappa shape index (κ1) is 20.5. The Bertz CT molecular complexity index is 838. The molecule has 1 aromatic carbocycles. The van der Waals surface area contributed by atoms with Gasteiger partial charge >= 0.3 is 0 Å². The van der Waals surface area contributed by atoms with Crippen molar-refractivity contribution in [3.63, 3.8) is 0 Å². The number of alkyl halides is 2. The number of halogens is 2. The van der Waals surface area contributed by atoms with Crippen molar-refractivity contribution in [3.05, 3.63) is 58.4 Å². The Hall–Kier alpha value is -2.83. The van der Waals surface area contributed by atoms with Crippen LogP contribution in [0.4, 0.5) is 8.78 Å². The molecule has 1 heterocycles. The molecule has 0 aliphatic heterocycles. The van der Waals surface area contributed by atoms with Crippen molar-refractivity contribution >= 4 is 11.7 Å². The molecule has 1 N–H and O–H groups in total. The number of pyridine rings is 1. The molecule has 7 heteroatoms. The van der Waals surface area contributed by atoms with Gasteiger partial charge in [0.2, 0.25) is 0 Å². The van der Waals surface area contributed by atoms with E-state index in [0.29, 0.717) is 28.3 Å². The van der Waals surface area contributed by atoms with Gasteiger partial charge in [0.25, 0.3) is 12.3 Å². The second-order valence-electron chi connectivity index (χ2n) is 6.29. The van der Waals surface area contributed by atoms with E-state index >= 15 is 0 Å². The van der Waals surface area contributed by atoms with Crippen LogP contribution in [0, 0.1) is 13.8 Å². The molecule has 2 rings (SSSR count). The van der Waals surface area contributed by atoms with Crippen molar-refractivity contribution in [1.82, 2.24) is 10.3 Å². The number of nitrogens with one attached hydrogen (secondary N) is 1. The van der Waals surface area contributed by atoms with E-state index in [1.54, 1.807) is 44.2 Å². The summed E-state index contributed by atoms with van der Waals surface area (Å²) in [4.78, 5) is 28.0. The highest BCUT2D eigenvalue weighted by molar-refractivity contribution is 5.94. The summed E-state index contributed by atoms with van der Waals surface area (Å²) in [5.74, 6) is 0.0323. The average Bonchev–Trinajstić information content (AvgIpc) is 2.58. The fourth-order valence-electron chi connectivity index (χ4n) is 2.65. The topological polar surface area (TPSA) is 68.3 Å². The summed E-state index contributed by atoms with van der Waals surface area (Å²) < 4.78 is 29.8. The summed E-state index contributed by atoms with van der Waals surface area (Å²) in [6.45, 7) is 4.53. The molecule has 0 fully saturated rings. The summed E-state index contributed by atoms with van der Waals surface area (Å²) in [6.07, 6.45) is -2.38. The van der Waals surface area contributed by atoms with Crippen LogP contribution < -0.4 is 10.1 Å². The fourth-order valence-corrected chi connectivity index (χ4v) is 2.65. The van der Waals surface area contributed by atoms with Gasteiger partial charge in [-0.05, 0) is 50.1 Å². The largest absolute Gasteiger partial charge is 0.487 e. The molecular weight excluding hydrogens is 354 g/mol. The lowest BCUT2D eigenvalue weighted by molar-refractivity contribution is -0.116. The minimum atomic E-state index is -2.55. The molecule has 0 unspecified atom stereocenters. The number of aromatic nitrogens is 1. The number of Topliss-reactive ketones (excluding diaryl/α,β-unsaturated/α-hetero) is 1. The van der Waals surface area contributed by atoms with E-state index in [-0.39, 0.29) is 24.7 Å². The maximum atomic E-state index is 12.5. The standard InChI is InChI=1S/C20H22F2N2O3/c1-12-7-16(9-17(24-12)8-13(2)25)20(26)23-10-15-5-4-6-18(14(15)3)27-11-19(21)22/h4-7,9,19H,8,10-11H2,1-3H3,(H,23,26). The van der Waals surface area contributed by atoms with Crippen LogP contribution in [0.5, 0.6) is 5.75 Å². The summed E-state index contributed by atoms with van der Waals surface area (Å²) in [7, 11) is 0. The number of amides is 1. The van der Waals surface area contributed by atoms with Crippen LogP contribution in [0.2, 0.25) is 0 Å². The number of carbonyl (C=O) groups is 2. The van der Waals surface area contributed by atoms with Crippen molar-refractivity contribution in [2.24, 2.45) is 0 Å². The van der Waals surface area contributed by atoms with Gasteiger partial charge in [-0.15, -0.1) is 0 Å². The molecule has 5 nitrogen and oxygen atoms in total. The Morgan fingerprint density at radius 3 is 2.63 bits per heavy atom. The van der Waals surface area contributed by atoms with Crippen LogP contribution in [-0.4, -0.2) is 29.7 Å². The maximum absolute atomic E-state index is 12.5. The number of hydrogen-bond acceptors (Lipinski definition) is 4. The van der Waals surface area contributed by atoms with Crippen LogP contribution in [0.1, 0.15) is 39.8 Å². The predicted molar refractivity (Wildman–Crippen MR) is 97.2 cm³/mol. The van der Waals surface area contributed by atoms with Crippen LogP contribution in [0.3, 0.4) is 0 Å². The summed E-state index contributed by atoms with van der Waals surface area (Å²) >= 11 is 0. The van der Waals surface area contributed by atoms with E-state index in [1.165, 1.54) is 6.92 Å². The Balaban J connectivity index is 2.08. The third-order valence-corrected chi connectivity index (χ3v) is 3.90. The third kappa shape index (κ3) is 6.13. The average molecular weight is 376 g/mol. The number of carbonyl (C=O) groups excluding carboxylic acids is 2. The third-order valence-electron chi connectivity index (χ3n) is 3.90. The normalized spacial score (nSPS) is 10.7. The van der Waals surface area contributed by atoms with Crippen LogP contribution >= 0.6 is 0 Å². The first-order chi connectivity index (χ1) is 12.8. The summed E-state index contributed by atoms with van der Waals surface area (Å²) in [6, 6.07) is 8.34. The van der Waals surface area contributed by atoms with E-state index in [4.69, 9.17) is 4.74 Å². The quantitative estimate of drug-likeness (QED) is 0.767. The minimum Gasteiger partial charge on any atom is -0.487 e. The molecule has 2 aromatic rings. The molecule has 0 aliphatic rings. The fraction of sp³-hybridized carbons (Fsp3) is 0.350. The van der Waals surface area contributed by atoms with Gasteiger partial charge in [-0.25, -0.2) is 8.78 Å². The zero-order chi connectivity index (χ0) is 20.0. The van der Waals surface area contributed by atoms with E-state index in [1.807, 2.05) is 0 Å². The highest BCUT2D eigenvalue weighted by Crippen LogP contribution is 2.22.